The topological polar surface area (TPSA) is 117 Å². The van der Waals surface area contributed by atoms with Gasteiger partial charge in [-0.3, -0.25) is 14.1 Å². The molecule has 0 bridgehead atoms. The molecular weight excluding hydrogens is 592 g/mol. The zero-order valence-corrected chi connectivity index (χ0v) is 27.7. The second-order valence-corrected chi connectivity index (χ2v) is 13.7. The number of ether oxygens (including phenoxy) is 1. The Morgan fingerprint density at radius 1 is 1.00 bits per heavy atom. The van der Waals surface area contributed by atoms with Crippen LogP contribution >= 0.6 is 0 Å². The van der Waals surface area contributed by atoms with Crippen molar-refractivity contribution in [2.45, 2.75) is 53.4 Å². The molecule has 4 rings (SSSR count). The number of rotatable bonds is 11. The fraction of sp³-hybridized carbons (Fsp3) is 0.400. The van der Waals surface area contributed by atoms with Gasteiger partial charge in [-0.15, -0.1) is 0 Å². The standard InChI is InChI=1S/C35H42N2O7S/c1-7-36(8-2)26-16-18-28-31(23-26)44-34(39)29(33(28)38)14-11-10-13-24-21-32(37(9-3)19-12-20-45(40,41)42)43-30-22-25(35(4,5)6)15-17-27(24)30/h10-11,13-18,21-23,29H,7-9,12,19-20H2,1-6H3/p+1/b13-10+,14-11+,37-32?. The van der Waals surface area contributed by atoms with E-state index in [2.05, 4.69) is 31.7 Å². The van der Waals surface area contributed by atoms with Gasteiger partial charge in [0, 0.05) is 36.7 Å². The Balaban J connectivity index is 1.67. The molecule has 1 aromatic heterocycles. The van der Waals surface area contributed by atoms with Crippen molar-refractivity contribution < 1.29 is 31.7 Å². The van der Waals surface area contributed by atoms with E-state index < -0.39 is 22.0 Å². The number of hydrogen-bond acceptors (Lipinski definition) is 7. The van der Waals surface area contributed by atoms with Gasteiger partial charge in [0.05, 0.1) is 17.4 Å². The van der Waals surface area contributed by atoms with E-state index >= 15 is 0 Å². The van der Waals surface area contributed by atoms with Crippen molar-refractivity contribution in [2.24, 2.45) is 5.92 Å². The van der Waals surface area contributed by atoms with Crippen LogP contribution in [0.15, 0.2) is 65.1 Å². The van der Waals surface area contributed by atoms with Gasteiger partial charge in [0.15, 0.2) is 5.78 Å². The molecule has 2 heterocycles. The maximum absolute atomic E-state index is 13.2. The van der Waals surface area contributed by atoms with Crippen LogP contribution in [0.4, 0.5) is 5.69 Å². The lowest BCUT2D eigenvalue weighted by Crippen LogP contribution is -2.32. The number of benzene rings is 2. The summed E-state index contributed by atoms with van der Waals surface area (Å²) < 4.78 is 45.5. The second-order valence-electron chi connectivity index (χ2n) is 12.1. The highest BCUT2D eigenvalue weighted by Crippen LogP contribution is 2.33. The predicted molar refractivity (Wildman–Crippen MR) is 178 cm³/mol. The average Bonchev–Trinajstić information content (AvgIpc) is 2.98. The zero-order valence-electron chi connectivity index (χ0n) is 26.9. The van der Waals surface area contributed by atoms with Gasteiger partial charge in [0.1, 0.15) is 30.3 Å². The molecule has 2 aromatic carbocycles. The van der Waals surface area contributed by atoms with Crippen LogP contribution in [0.25, 0.3) is 17.0 Å². The van der Waals surface area contributed by atoms with Gasteiger partial charge in [-0.2, -0.15) is 13.0 Å². The van der Waals surface area contributed by atoms with E-state index in [4.69, 9.17) is 9.15 Å². The lowest BCUT2D eigenvalue weighted by Gasteiger charge is -2.25. The van der Waals surface area contributed by atoms with Crippen LogP contribution in [0.5, 0.6) is 5.75 Å². The van der Waals surface area contributed by atoms with Crippen molar-refractivity contribution >= 4 is 44.6 Å². The van der Waals surface area contributed by atoms with E-state index in [-0.39, 0.29) is 29.1 Å². The molecule has 0 saturated heterocycles. The third-order valence-corrected chi connectivity index (χ3v) is 8.78. The number of fused-ring (bicyclic) bond motifs is 2. The van der Waals surface area contributed by atoms with E-state index in [1.807, 2.05) is 55.7 Å². The van der Waals surface area contributed by atoms with Crippen molar-refractivity contribution in [2.75, 3.05) is 36.8 Å². The van der Waals surface area contributed by atoms with E-state index in [1.165, 1.54) is 0 Å². The zero-order chi connectivity index (χ0) is 32.9. The maximum Gasteiger partial charge on any atom is 0.368 e. The van der Waals surface area contributed by atoms with Gasteiger partial charge in [-0.05, 0) is 55.5 Å². The number of ketones is 1. The summed E-state index contributed by atoms with van der Waals surface area (Å²) in [7, 11) is -4.07. The summed E-state index contributed by atoms with van der Waals surface area (Å²) in [6, 6.07) is 13.3. The predicted octanol–water partition coefficient (Wildman–Crippen LogP) is 5.63. The van der Waals surface area contributed by atoms with Crippen molar-refractivity contribution in [3.8, 4) is 5.75 Å². The molecule has 1 aliphatic rings. The molecule has 10 heteroatoms. The Morgan fingerprint density at radius 3 is 2.38 bits per heavy atom. The Bertz CT molecular complexity index is 1820. The summed E-state index contributed by atoms with van der Waals surface area (Å²) >= 11 is 0. The molecule has 1 aliphatic heterocycles. The molecule has 0 aliphatic carbocycles. The van der Waals surface area contributed by atoms with Gasteiger partial charge >= 0.3 is 11.5 Å². The molecule has 1 N–H and O–H groups in total. The van der Waals surface area contributed by atoms with Crippen molar-refractivity contribution in [1.82, 2.24) is 4.58 Å². The van der Waals surface area contributed by atoms with Gasteiger partial charge < -0.3 is 14.1 Å². The van der Waals surface area contributed by atoms with Crippen LogP contribution in [0, 0.1) is 5.92 Å². The fourth-order valence-electron chi connectivity index (χ4n) is 5.35. The first-order chi connectivity index (χ1) is 21.2. The molecule has 0 spiro atoms. The van der Waals surface area contributed by atoms with Crippen LogP contribution in [-0.2, 0) is 20.3 Å². The van der Waals surface area contributed by atoms with Gasteiger partial charge in [-0.1, -0.05) is 57.2 Å². The monoisotopic (exact) mass is 635 g/mol. The van der Waals surface area contributed by atoms with Crippen molar-refractivity contribution in [3.05, 3.63) is 82.9 Å². The quantitative estimate of drug-likeness (QED) is 0.0719. The molecule has 0 amide bonds. The smallest absolute Gasteiger partial charge is 0.368 e. The molecule has 1 unspecified atom stereocenters. The molecule has 0 radical (unpaired) electrons. The Morgan fingerprint density at radius 2 is 1.73 bits per heavy atom. The average molecular weight is 636 g/mol. The minimum atomic E-state index is -4.07. The lowest BCUT2D eigenvalue weighted by molar-refractivity contribution is -0.136. The molecule has 0 saturated carbocycles. The molecule has 3 aromatic rings. The molecular formula is C35H43N2O7S+. The molecule has 0 fully saturated rings. The third-order valence-electron chi connectivity index (χ3n) is 7.97. The highest BCUT2D eigenvalue weighted by atomic mass is 32.2. The largest absolute Gasteiger partial charge is 0.425 e. The number of allylic oxidation sites excluding steroid dienone is 2. The summed E-state index contributed by atoms with van der Waals surface area (Å²) in [4.78, 5) is 28.2. The number of esters is 1. The highest BCUT2D eigenvalue weighted by molar-refractivity contribution is 7.85. The summed E-state index contributed by atoms with van der Waals surface area (Å²) in [6.07, 6.45) is 7.10. The second kappa shape index (κ2) is 14.0. The summed E-state index contributed by atoms with van der Waals surface area (Å²) in [5, 5.41) is 0.872. The first-order valence-corrected chi connectivity index (χ1v) is 17.0. The van der Waals surface area contributed by atoms with Crippen LogP contribution in [0.1, 0.15) is 69.4 Å². The van der Waals surface area contributed by atoms with E-state index in [0.29, 0.717) is 29.8 Å². The lowest BCUT2D eigenvalue weighted by atomic mass is 9.86. The summed E-state index contributed by atoms with van der Waals surface area (Å²) in [5.74, 6) is -2.02. The Hall–Kier alpha value is -4.02. The molecule has 45 heavy (non-hydrogen) atoms. The van der Waals surface area contributed by atoms with Crippen molar-refractivity contribution in [1.29, 1.82) is 0 Å². The number of carbonyl (C=O) groups excluding carboxylic acids is 2. The summed E-state index contributed by atoms with van der Waals surface area (Å²) in [6.45, 7) is 14.9. The van der Waals surface area contributed by atoms with Gasteiger partial charge in [0.25, 0.3) is 10.1 Å². The van der Waals surface area contributed by atoms with Crippen LogP contribution in [0.3, 0.4) is 0 Å². The minimum absolute atomic E-state index is 0.106. The third kappa shape index (κ3) is 8.18. The van der Waals surface area contributed by atoms with E-state index in [1.54, 1.807) is 30.4 Å². The number of anilines is 1. The van der Waals surface area contributed by atoms with Gasteiger partial charge in [0.2, 0.25) is 0 Å². The SMILES string of the molecule is CCN(CC)c1ccc2c(c1)OC(=O)C(/C=C/C=C/c1cc(=[N+](CC)CCCS(=O)(=O)O)oc3cc(C(C)(C)C)ccc13)C2=O. The van der Waals surface area contributed by atoms with Gasteiger partial charge in [-0.25, -0.2) is 0 Å². The normalized spacial score (nSPS) is 16.4. The first-order valence-electron chi connectivity index (χ1n) is 15.4. The molecule has 1 atom stereocenters. The van der Waals surface area contributed by atoms with Crippen LogP contribution in [-0.4, -0.2) is 56.7 Å². The highest BCUT2D eigenvalue weighted by Gasteiger charge is 2.34. The molecule has 240 valence electrons. The number of Topliss-reactive ketones (excluding diaryl/α,β-unsaturated/α-hetero) is 1. The van der Waals surface area contributed by atoms with E-state index in [9.17, 15) is 22.6 Å². The number of carbonyl (C=O) groups is 2. The minimum Gasteiger partial charge on any atom is -0.425 e. The first kappa shape index (κ1) is 33.9. The maximum atomic E-state index is 13.2. The summed E-state index contributed by atoms with van der Waals surface area (Å²) in [5.41, 5.74) is 4.34. The number of hydrogen-bond donors (Lipinski definition) is 1. The Kier molecular flexibility index (Phi) is 10.5. The van der Waals surface area contributed by atoms with Crippen LogP contribution < -0.4 is 19.8 Å². The van der Waals surface area contributed by atoms with E-state index in [0.717, 1.165) is 35.3 Å². The fourth-order valence-corrected chi connectivity index (χ4v) is 5.85. The van der Waals surface area contributed by atoms with Crippen LogP contribution in [0.2, 0.25) is 0 Å². The number of nitrogens with zero attached hydrogens (tertiary/aromatic N) is 2. The Labute approximate surface area is 265 Å². The van der Waals surface area contributed by atoms with Crippen molar-refractivity contribution in [3.63, 3.8) is 0 Å². The molecule has 9 nitrogen and oxygen atoms in total.